The summed E-state index contributed by atoms with van der Waals surface area (Å²) in [6.45, 7) is 5.34. The highest BCUT2D eigenvalue weighted by Crippen LogP contribution is 1.98. The first-order valence-corrected chi connectivity index (χ1v) is 4.93. The first-order chi connectivity index (χ1) is 7.33. The van der Waals surface area contributed by atoms with E-state index in [1.165, 1.54) is 0 Å². The van der Waals surface area contributed by atoms with Gasteiger partial charge in [0.2, 0.25) is 5.91 Å². The van der Waals surface area contributed by atoms with Gasteiger partial charge in [0.25, 0.3) is 0 Å². The lowest BCUT2D eigenvalue weighted by Gasteiger charge is -2.03. The van der Waals surface area contributed by atoms with Crippen LogP contribution in [0, 0.1) is 0 Å². The van der Waals surface area contributed by atoms with Gasteiger partial charge in [-0.25, -0.2) is 0 Å². The minimum Gasteiger partial charge on any atom is -0.468 e. The smallest absolute Gasteiger partial charge is 0.221 e. The van der Waals surface area contributed by atoms with Crippen molar-refractivity contribution in [3.63, 3.8) is 0 Å². The summed E-state index contributed by atoms with van der Waals surface area (Å²) in [7, 11) is 0. The predicted molar refractivity (Wildman–Crippen MR) is 58.2 cm³/mol. The van der Waals surface area contributed by atoms with Crippen molar-refractivity contribution in [2.24, 2.45) is 0 Å². The molecule has 4 nitrogen and oxygen atoms in total. The molecule has 0 atom stereocenters. The molecule has 4 heteroatoms. The van der Waals surface area contributed by atoms with Gasteiger partial charge in [-0.2, -0.15) is 0 Å². The van der Waals surface area contributed by atoms with Crippen molar-refractivity contribution in [2.75, 3.05) is 13.1 Å². The van der Waals surface area contributed by atoms with E-state index >= 15 is 0 Å². The molecule has 0 saturated carbocycles. The molecule has 0 aliphatic carbocycles. The summed E-state index contributed by atoms with van der Waals surface area (Å²) in [5.41, 5.74) is 0. The Labute approximate surface area is 89.4 Å². The third-order valence-electron chi connectivity index (χ3n) is 1.85. The van der Waals surface area contributed by atoms with E-state index in [1.807, 2.05) is 12.1 Å². The van der Waals surface area contributed by atoms with E-state index in [9.17, 15) is 4.79 Å². The fourth-order valence-electron chi connectivity index (χ4n) is 1.10. The SMILES string of the molecule is C=CCNC(=O)CCNCc1ccco1. The van der Waals surface area contributed by atoms with Crippen LogP contribution >= 0.6 is 0 Å². The predicted octanol–water partition coefficient (Wildman–Crippen LogP) is 1.06. The van der Waals surface area contributed by atoms with Crippen LogP contribution in [0.15, 0.2) is 35.5 Å². The maximum atomic E-state index is 11.1. The lowest BCUT2D eigenvalue weighted by Crippen LogP contribution is -2.27. The lowest BCUT2D eigenvalue weighted by molar-refractivity contribution is -0.120. The second-order valence-electron chi connectivity index (χ2n) is 3.10. The molecule has 1 aromatic heterocycles. The fraction of sp³-hybridized carbons (Fsp3) is 0.364. The highest BCUT2D eigenvalue weighted by molar-refractivity contribution is 5.76. The van der Waals surface area contributed by atoms with Crippen LogP contribution in [0.5, 0.6) is 0 Å². The van der Waals surface area contributed by atoms with Crippen molar-refractivity contribution >= 4 is 5.91 Å². The van der Waals surface area contributed by atoms with Gasteiger partial charge in [-0.1, -0.05) is 6.08 Å². The molecule has 0 aliphatic rings. The van der Waals surface area contributed by atoms with Gasteiger partial charge < -0.3 is 15.1 Å². The van der Waals surface area contributed by atoms with Crippen molar-refractivity contribution in [2.45, 2.75) is 13.0 Å². The van der Waals surface area contributed by atoms with Gasteiger partial charge in [0.05, 0.1) is 12.8 Å². The fourth-order valence-corrected chi connectivity index (χ4v) is 1.10. The molecule has 2 N–H and O–H groups in total. The molecule has 0 unspecified atom stereocenters. The average Bonchev–Trinajstić information content (AvgIpc) is 2.74. The zero-order valence-electron chi connectivity index (χ0n) is 8.66. The number of carbonyl (C=O) groups excluding carboxylic acids is 1. The van der Waals surface area contributed by atoms with Gasteiger partial charge in [0.1, 0.15) is 5.76 Å². The summed E-state index contributed by atoms with van der Waals surface area (Å²) >= 11 is 0. The van der Waals surface area contributed by atoms with Crippen LogP contribution in [0.4, 0.5) is 0 Å². The first-order valence-electron chi connectivity index (χ1n) is 4.93. The van der Waals surface area contributed by atoms with Crippen LogP contribution < -0.4 is 10.6 Å². The molecule has 0 bridgehead atoms. The number of hydrogen-bond acceptors (Lipinski definition) is 3. The normalized spacial score (nSPS) is 9.87. The van der Waals surface area contributed by atoms with Gasteiger partial charge in [0, 0.05) is 19.5 Å². The van der Waals surface area contributed by atoms with Crippen molar-refractivity contribution < 1.29 is 9.21 Å². The summed E-state index contributed by atoms with van der Waals surface area (Å²) in [6, 6.07) is 3.73. The van der Waals surface area contributed by atoms with E-state index < -0.39 is 0 Å². The molecule has 1 heterocycles. The van der Waals surface area contributed by atoms with Gasteiger partial charge in [0.15, 0.2) is 0 Å². The Morgan fingerprint density at radius 1 is 1.60 bits per heavy atom. The van der Waals surface area contributed by atoms with Crippen LogP contribution in [-0.2, 0) is 11.3 Å². The van der Waals surface area contributed by atoms with Crippen LogP contribution in [-0.4, -0.2) is 19.0 Å². The monoisotopic (exact) mass is 208 g/mol. The Balaban J connectivity index is 2.01. The number of furan rings is 1. The second kappa shape index (κ2) is 6.84. The zero-order valence-corrected chi connectivity index (χ0v) is 8.66. The van der Waals surface area contributed by atoms with E-state index in [4.69, 9.17) is 4.42 Å². The first kappa shape index (κ1) is 11.5. The zero-order chi connectivity index (χ0) is 10.9. The highest BCUT2D eigenvalue weighted by Gasteiger charge is 1.99. The van der Waals surface area contributed by atoms with Gasteiger partial charge >= 0.3 is 0 Å². The molecule has 1 rings (SSSR count). The molecule has 82 valence electrons. The van der Waals surface area contributed by atoms with Gasteiger partial charge in [-0.15, -0.1) is 6.58 Å². The number of hydrogen-bond donors (Lipinski definition) is 2. The Hall–Kier alpha value is -1.55. The number of amides is 1. The molecule has 0 aromatic carbocycles. The summed E-state index contributed by atoms with van der Waals surface area (Å²) in [5.74, 6) is 0.906. The quantitative estimate of drug-likeness (QED) is 0.520. The topological polar surface area (TPSA) is 54.3 Å². The van der Waals surface area contributed by atoms with Crippen LogP contribution in [0.25, 0.3) is 0 Å². The van der Waals surface area contributed by atoms with E-state index in [2.05, 4.69) is 17.2 Å². The molecule has 0 spiro atoms. The maximum absolute atomic E-state index is 11.1. The molecular weight excluding hydrogens is 192 g/mol. The van der Waals surface area contributed by atoms with Crippen LogP contribution in [0.2, 0.25) is 0 Å². The molecule has 0 radical (unpaired) electrons. The molecule has 0 saturated heterocycles. The molecular formula is C11H16N2O2. The second-order valence-corrected chi connectivity index (χ2v) is 3.10. The number of nitrogens with one attached hydrogen (secondary N) is 2. The average molecular weight is 208 g/mol. The van der Waals surface area contributed by atoms with Crippen LogP contribution in [0.3, 0.4) is 0 Å². The summed E-state index contributed by atoms with van der Waals surface area (Å²) in [6.07, 6.45) is 3.76. The Bertz CT molecular complexity index is 294. The standard InChI is InChI=1S/C11H16N2O2/c1-2-6-13-11(14)5-7-12-9-10-4-3-8-15-10/h2-4,8,12H,1,5-7,9H2,(H,13,14). The minimum atomic E-state index is 0.0295. The largest absolute Gasteiger partial charge is 0.468 e. The summed E-state index contributed by atoms with van der Waals surface area (Å²) < 4.78 is 5.13. The third kappa shape index (κ3) is 5.02. The van der Waals surface area contributed by atoms with Crippen molar-refractivity contribution in [1.29, 1.82) is 0 Å². The van der Waals surface area contributed by atoms with Gasteiger partial charge in [-0.05, 0) is 12.1 Å². The maximum Gasteiger partial charge on any atom is 0.221 e. The van der Waals surface area contributed by atoms with E-state index in [-0.39, 0.29) is 5.91 Å². The Morgan fingerprint density at radius 3 is 3.13 bits per heavy atom. The summed E-state index contributed by atoms with van der Waals surface area (Å²) in [5, 5.41) is 5.82. The van der Waals surface area contributed by atoms with Crippen LogP contribution in [0.1, 0.15) is 12.2 Å². The Kier molecular flexibility index (Phi) is 5.25. The van der Waals surface area contributed by atoms with E-state index in [0.717, 1.165) is 5.76 Å². The molecule has 15 heavy (non-hydrogen) atoms. The third-order valence-corrected chi connectivity index (χ3v) is 1.85. The molecule has 0 aliphatic heterocycles. The number of rotatable bonds is 7. The summed E-state index contributed by atoms with van der Waals surface area (Å²) in [4.78, 5) is 11.1. The number of carbonyl (C=O) groups is 1. The Morgan fingerprint density at radius 2 is 2.47 bits per heavy atom. The van der Waals surface area contributed by atoms with E-state index in [0.29, 0.717) is 26.1 Å². The minimum absolute atomic E-state index is 0.0295. The van der Waals surface area contributed by atoms with Gasteiger partial charge in [-0.3, -0.25) is 4.79 Å². The lowest BCUT2D eigenvalue weighted by atomic mass is 10.3. The molecule has 0 fully saturated rings. The highest BCUT2D eigenvalue weighted by atomic mass is 16.3. The molecule has 1 aromatic rings. The van der Waals surface area contributed by atoms with E-state index in [1.54, 1.807) is 12.3 Å². The van der Waals surface area contributed by atoms with Crippen molar-refractivity contribution in [3.05, 3.63) is 36.8 Å². The van der Waals surface area contributed by atoms with Crippen molar-refractivity contribution in [1.82, 2.24) is 10.6 Å². The molecule has 1 amide bonds. The van der Waals surface area contributed by atoms with Crippen molar-refractivity contribution in [3.8, 4) is 0 Å².